The summed E-state index contributed by atoms with van der Waals surface area (Å²) in [6, 6.07) is 8.39. The van der Waals surface area contributed by atoms with Crippen LogP contribution in [-0.2, 0) is 20.8 Å². The van der Waals surface area contributed by atoms with Gasteiger partial charge in [0.2, 0.25) is 5.78 Å². The van der Waals surface area contributed by atoms with Gasteiger partial charge in [-0.2, -0.15) is 0 Å². The lowest BCUT2D eigenvalue weighted by Crippen LogP contribution is -2.58. The Kier molecular flexibility index (Phi) is 5.79. The molecule has 0 aromatic heterocycles. The highest BCUT2D eigenvalue weighted by Gasteiger charge is 2.60. The largest absolute Gasteiger partial charge is 0.508 e. The van der Waals surface area contributed by atoms with E-state index in [0.29, 0.717) is 28.5 Å². The first-order valence-electron chi connectivity index (χ1n) is 12.3. The molecule has 1 saturated carbocycles. The molecule has 6 N–H and O–H groups in total. The third-order valence-electron chi connectivity index (χ3n) is 8.05. The molecule has 2 aromatic rings. The summed E-state index contributed by atoms with van der Waals surface area (Å²) in [4.78, 5) is 49.4. The zero-order chi connectivity index (χ0) is 27.7. The summed E-state index contributed by atoms with van der Waals surface area (Å²) >= 11 is 0. The van der Waals surface area contributed by atoms with E-state index in [-0.39, 0.29) is 42.1 Å². The molecule has 5 rings (SSSR count). The van der Waals surface area contributed by atoms with Crippen LogP contribution in [0.25, 0.3) is 16.9 Å². The highest BCUT2D eigenvalue weighted by atomic mass is 16.3. The molecule has 2 aromatic carbocycles. The molecule has 0 spiro atoms. The van der Waals surface area contributed by atoms with Gasteiger partial charge in [0.05, 0.1) is 5.56 Å². The monoisotopic (exact) mass is 517 g/mol. The normalized spacial score (nSPS) is 24.7. The molecule has 3 aliphatic carbocycles. The minimum absolute atomic E-state index is 0.0369. The van der Waals surface area contributed by atoms with Crippen molar-refractivity contribution in [2.75, 3.05) is 0 Å². The second-order valence-electron chi connectivity index (χ2n) is 10.5. The fourth-order valence-electron chi connectivity index (χ4n) is 6.23. The maximum atomic E-state index is 13.7. The predicted octanol–water partition coefficient (Wildman–Crippen LogP) is 3.03. The first-order valence-corrected chi connectivity index (χ1v) is 12.3. The molecule has 3 aliphatic rings. The van der Waals surface area contributed by atoms with Crippen LogP contribution in [0.2, 0.25) is 0 Å². The fourth-order valence-corrected chi connectivity index (χ4v) is 6.23. The van der Waals surface area contributed by atoms with E-state index >= 15 is 0 Å². The number of nitrogens with two attached hydrogens (primary N) is 1. The Morgan fingerprint density at radius 3 is 2.47 bits per heavy atom. The first-order chi connectivity index (χ1) is 17.9. The number of benzene rings is 2. The van der Waals surface area contributed by atoms with Crippen molar-refractivity contribution >= 4 is 29.5 Å². The van der Waals surface area contributed by atoms with Gasteiger partial charge in [-0.05, 0) is 53.5 Å². The highest BCUT2D eigenvalue weighted by Crippen LogP contribution is 2.54. The molecule has 1 amide bonds. The number of amides is 1. The average molecular weight is 518 g/mol. The minimum Gasteiger partial charge on any atom is -0.508 e. The molecule has 0 unspecified atom stereocenters. The number of aliphatic hydroxyl groups is 3. The number of aromatic hydroxyl groups is 1. The summed E-state index contributed by atoms with van der Waals surface area (Å²) in [6.45, 7) is 3.90. The third-order valence-corrected chi connectivity index (χ3v) is 8.05. The van der Waals surface area contributed by atoms with Gasteiger partial charge in [0.1, 0.15) is 29.1 Å². The second-order valence-corrected chi connectivity index (χ2v) is 10.5. The van der Waals surface area contributed by atoms with Gasteiger partial charge in [-0.25, -0.2) is 0 Å². The van der Waals surface area contributed by atoms with Crippen LogP contribution in [0.5, 0.6) is 5.75 Å². The number of aliphatic hydroxyl groups excluding tert-OH is 2. The summed E-state index contributed by atoms with van der Waals surface area (Å²) in [5.74, 6) is -6.65. The fraction of sp³-hybridized carbons (Fsp3) is 0.310. The number of phenols is 1. The number of hydrogen-bond acceptors (Lipinski definition) is 8. The van der Waals surface area contributed by atoms with Crippen molar-refractivity contribution in [2.45, 2.75) is 44.6 Å². The van der Waals surface area contributed by atoms with Gasteiger partial charge in [0, 0.05) is 29.0 Å². The summed E-state index contributed by atoms with van der Waals surface area (Å²) < 4.78 is 0. The molecular formula is C29H27NO8. The second kappa shape index (κ2) is 8.66. The average Bonchev–Trinajstić information content (AvgIpc) is 2.86. The first kappa shape index (κ1) is 25.4. The molecule has 196 valence electrons. The van der Waals surface area contributed by atoms with Gasteiger partial charge < -0.3 is 26.2 Å². The Labute approximate surface area is 217 Å². The van der Waals surface area contributed by atoms with Crippen molar-refractivity contribution in [3.63, 3.8) is 0 Å². The van der Waals surface area contributed by atoms with Crippen LogP contribution in [0.3, 0.4) is 0 Å². The molecule has 0 bridgehead atoms. The molecule has 0 aliphatic heterocycles. The number of phenolic OH excluding ortho intramolecular Hbond substituents is 1. The van der Waals surface area contributed by atoms with Gasteiger partial charge in [-0.1, -0.05) is 32.0 Å². The van der Waals surface area contributed by atoms with Crippen LogP contribution in [0, 0.1) is 11.8 Å². The van der Waals surface area contributed by atoms with Gasteiger partial charge in [0.15, 0.2) is 11.4 Å². The quantitative estimate of drug-likeness (QED) is 0.304. The number of rotatable bonds is 4. The maximum Gasteiger partial charge on any atom is 0.255 e. The van der Waals surface area contributed by atoms with E-state index in [4.69, 9.17) is 5.73 Å². The van der Waals surface area contributed by atoms with Crippen molar-refractivity contribution in [3.8, 4) is 16.9 Å². The number of fused-ring (bicyclic) bond motifs is 3. The molecule has 0 heterocycles. The van der Waals surface area contributed by atoms with E-state index in [9.17, 15) is 39.6 Å². The molecule has 0 radical (unpaired) electrons. The number of carbonyl (C=O) groups is 4. The SMILES string of the molecule is CC(C)c1cc(-c2cccc(C=O)c2)c(O)c2c1C[C@H]1C[C@H]3CC(=O)C(C(N)=O)=C(O)[C@@]3(O)C(=O)C1=C2O. The zero-order valence-corrected chi connectivity index (χ0v) is 20.8. The standard InChI is InChI=1S/C29H27NO8/c1-12(2)17-10-18(14-5-3-4-13(6-14)11-31)24(33)22-19(17)8-15-7-16-9-20(32)23(28(30)37)27(36)29(16,38)26(35)21(15)25(22)34/h3-6,10-12,15-16,33-34,36,38H,7-9H2,1-2H3,(H2,30,37)/t15-,16+,29+/m1/s1. The molecule has 9 heteroatoms. The molecular weight excluding hydrogens is 490 g/mol. The van der Waals surface area contributed by atoms with Gasteiger partial charge in [0.25, 0.3) is 5.91 Å². The van der Waals surface area contributed by atoms with E-state index in [1.165, 1.54) is 0 Å². The Bertz CT molecular complexity index is 1510. The van der Waals surface area contributed by atoms with E-state index in [1.54, 1.807) is 30.3 Å². The smallest absolute Gasteiger partial charge is 0.255 e. The molecule has 38 heavy (non-hydrogen) atoms. The van der Waals surface area contributed by atoms with Crippen molar-refractivity contribution < 1.29 is 39.6 Å². The summed E-state index contributed by atoms with van der Waals surface area (Å²) in [5.41, 5.74) is 4.38. The maximum absolute atomic E-state index is 13.7. The summed E-state index contributed by atoms with van der Waals surface area (Å²) in [5, 5.41) is 45.0. The Morgan fingerprint density at radius 2 is 1.84 bits per heavy atom. The van der Waals surface area contributed by atoms with Crippen LogP contribution < -0.4 is 5.73 Å². The van der Waals surface area contributed by atoms with Gasteiger partial charge >= 0.3 is 0 Å². The molecule has 9 nitrogen and oxygen atoms in total. The Hall–Kier alpha value is -4.24. The van der Waals surface area contributed by atoms with Crippen molar-refractivity contribution in [1.29, 1.82) is 0 Å². The highest BCUT2D eigenvalue weighted by molar-refractivity contribution is 6.22. The number of hydrogen-bond donors (Lipinski definition) is 5. The van der Waals surface area contributed by atoms with Crippen LogP contribution in [0.15, 0.2) is 47.2 Å². The van der Waals surface area contributed by atoms with Gasteiger partial charge in [-0.3, -0.25) is 19.2 Å². The van der Waals surface area contributed by atoms with E-state index in [0.717, 1.165) is 5.56 Å². The summed E-state index contributed by atoms with van der Waals surface area (Å²) in [7, 11) is 0. The zero-order valence-electron chi connectivity index (χ0n) is 20.8. The van der Waals surface area contributed by atoms with Crippen molar-refractivity contribution in [2.24, 2.45) is 17.6 Å². The lowest BCUT2D eigenvalue weighted by Gasteiger charge is -2.46. The lowest BCUT2D eigenvalue weighted by atomic mass is 9.59. The van der Waals surface area contributed by atoms with Gasteiger partial charge in [-0.15, -0.1) is 0 Å². The van der Waals surface area contributed by atoms with Crippen LogP contribution >= 0.6 is 0 Å². The van der Waals surface area contributed by atoms with Crippen molar-refractivity contribution in [3.05, 3.63) is 69.5 Å². The number of aldehydes is 1. The Balaban J connectivity index is 1.75. The van der Waals surface area contributed by atoms with Crippen molar-refractivity contribution in [1.82, 2.24) is 0 Å². The van der Waals surface area contributed by atoms with Crippen LogP contribution in [0.4, 0.5) is 0 Å². The van der Waals surface area contributed by atoms with E-state index in [1.807, 2.05) is 13.8 Å². The topological polar surface area (TPSA) is 175 Å². The number of primary amides is 1. The number of ketones is 2. The van der Waals surface area contributed by atoms with Crippen LogP contribution in [-0.4, -0.2) is 49.8 Å². The van der Waals surface area contributed by atoms with E-state index in [2.05, 4.69) is 0 Å². The number of carbonyl (C=O) groups excluding carboxylic acids is 4. The molecule has 3 atom stereocenters. The van der Waals surface area contributed by atoms with E-state index < -0.39 is 52.0 Å². The lowest BCUT2D eigenvalue weighted by molar-refractivity contribution is -0.147. The molecule has 1 fully saturated rings. The Morgan fingerprint density at radius 1 is 1.13 bits per heavy atom. The minimum atomic E-state index is -2.61. The third kappa shape index (κ3) is 3.42. The predicted molar refractivity (Wildman–Crippen MR) is 136 cm³/mol. The summed E-state index contributed by atoms with van der Waals surface area (Å²) in [6.07, 6.45) is 0.629. The number of Topliss-reactive ketones (excluding diaryl/α,β-unsaturated/α-hetero) is 2. The molecule has 0 saturated heterocycles. The van der Waals surface area contributed by atoms with Crippen LogP contribution in [0.1, 0.15) is 59.7 Å².